The smallest absolute Gasteiger partial charge is 0.323 e. The first-order chi connectivity index (χ1) is 23.2. The summed E-state index contributed by atoms with van der Waals surface area (Å²) in [5.74, 6) is -0.372. The van der Waals surface area contributed by atoms with Crippen molar-refractivity contribution in [2.45, 2.75) is 26.0 Å². The van der Waals surface area contributed by atoms with Crippen LogP contribution in [0.1, 0.15) is 24.2 Å². The molecule has 5 aromatic carbocycles. The molecule has 1 aliphatic rings. The molecule has 0 saturated carbocycles. The first-order valence-corrected chi connectivity index (χ1v) is 16.0. The summed E-state index contributed by atoms with van der Waals surface area (Å²) in [6.07, 6.45) is -0.572. The number of ether oxygens (including phenoxy) is 1. The maximum atomic E-state index is 13.9. The lowest BCUT2D eigenvalue weighted by Gasteiger charge is -2.38. The predicted octanol–water partition coefficient (Wildman–Crippen LogP) is 7.02. The summed E-state index contributed by atoms with van der Waals surface area (Å²) in [7, 11) is 1.69. The maximum Gasteiger partial charge on any atom is 0.323 e. The predicted molar refractivity (Wildman–Crippen MR) is 190 cm³/mol. The molecule has 1 aliphatic heterocycles. The highest BCUT2D eigenvalue weighted by atomic mass is 16.5. The molecule has 0 bridgehead atoms. The van der Waals surface area contributed by atoms with Gasteiger partial charge in [-0.05, 0) is 42.0 Å². The third-order valence-corrected chi connectivity index (χ3v) is 8.81. The van der Waals surface area contributed by atoms with Crippen LogP contribution >= 0.6 is 0 Å². The number of nitrogens with one attached hydrogen (secondary N) is 3. The number of benzene rings is 5. The lowest BCUT2D eigenvalue weighted by Crippen LogP contribution is -2.50. The zero-order valence-electron chi connectivity index (χ0n) is 27.1. The number of anilines is 3. The van der Waals surface area contributed by atoms with Crippen LogP contribution in [0.15, 0.2) is 103 Å². The number of nitrogens with zero attached hydrogens (tertiary/aromatic N) is 2. The van der Waals surface area contributed by atoms with Crippen LogP contribution in [-0.4, -0.2) is 71.8 Å². The van der Waals surface area contributed by atoms with E-state index in [4.69, 9.17) is 4.74 Å². The molecule has 246 valence electrons. The standard InChI is InChI=1S/C38H39N5O5/c1-24-21-43(25(2)23-44)36(45)30-17-10-20-33(40-37(46)39-31-18-8-13-26-11-4-6-15-28(26)31)35(30)48-34(24)22-42(3)38(47)41-32-19-9-14-27-12-5-7-16-29(27)32/h4-20,24-25,34,44H,21-23H2,1-3H3,(H,41,47)(H2,39,40,46)/t24-,25-,34+/m0/s1. The Balaban J connectivity index is 1.27. The average Bonchev–Trinajstić information content (AvgIpc) is 3.10. The molecule has 10 nitrogen and oxygen atoms in total. The third-order valence-electron chi connectivity index (χ3n) is 8.81. The summed E-state index contributed by atoms with van der Waals surface area (Å²) < 4.78 is 6.60. The van der Waals surface area contributed by atoms with Crippen LogP contribution in [-0.2, 0) is 0 Å². The van der Waals surface area contributed by atoms with Crippen LogP contribution in [0.5, 0.6) is 5.75 Å². The highest BCUT2D eigenvalue weighted by Crippen LogP contribution is 2.35. The molecule has 10 heteroatoms. The quantitative estimate of drug-likeness (QED) is 0.152. The van der Waals surface area contributed by atoms with Gasteiger partial charge in [-0.25, -0.2) is 9.59 Å². The van der Waals surface area contributed by atoms with Crippen LogP contribution in [0.4, 0.5) is 26.7 Å². The zero-order valence-corrected chi connectivity index (χ0v) is 27.1. The molecule has 0 fully saturated rings. The van der Waals surface area contributed by atoms with Crippen LogP contribution in [0.3, 0.4) is 0 Å². The summed E-state index contributed by atoms with van der Waals surface area (Å²) >= 11 is 0. The van der Waals surface area contributed by atoms with E-state index in [-0.39, 0.29) is 42.3 Å². The van der Waals surface area contributed by atoms with Gasteiger partial charge in [-0.15, -0.1) is 0 Å². The molecule has 3 atom stereocenters. The van der Waals surface area contributed by atoms with Crippen molar-refractivity contribution in [3.8, 4) is 5.75 Å². The summed E-state index contributed by atoms with van der Waals surface area (Å²) in [4.78, 5) is 43.9. The fraction of sp³-hybridized carbons (Fsp3) is 0.237. The number of urea groups is 2. The highest BCUT2D eigenvalue weighted by Gasteiger charge is 2.35. The molecule has 0 aromatic heterocycles. The normalized spacial score (nSPS) is 16.7. The first-order valence-electron chi connectivity index (χ1n) is 16.0. The number of para-hydroxylation sites is 1. The molecule has 0 aliphatic carbocycles. The minimum absolute atomic E-state index is 0.184. The number of likely N-dealkylation sites (N-methyl/N-ethyl adjacent to an activating group) is 1. The van der Waals surface area contributed by atoms with Crippen molar-refractivity contribution in [2.75, 3.05) is 42.7 Å². The van der Waals surface area contributed by atoms with Crippen molar-refractivity contribution in [2.24, 2.45) is 5.92 Å². The van der Waals surface area contributed by atoms with Crippen LogP contribution in [0.25, 0.3) is 21.5 Å². The van der Waals surface area contributed by atoms with Crippen LogP contribution in [0.2, 0.25) is 0 Å². The van der Waals surface area contributed by atoms with Gasteiger partial charge in [0.15, 0.2) is 5.75 Å². The molecule has 0 spiro atoms. The monoisotopic (exact) mass is 645 g/mol. The number of aliphatic hydroxyl groups is 1. The lowest BCUT2D eigenvalue weighted by molar-refractivity contribution is 0.0373. The summed E-state index contributed by atoms with van der Waals surface area (Å²) in [5.41, 5.74) is 1.88. The van der Waals surface area contributed by atoms with Crippen molar-refractivity contribution >= 4 is 56.6 Å². The number of rotatable bonds is 7. The Morgan fingerprint density at radius 1 is 0.833 bits per heavy atom. The summed E-state index contributed by atoms with van der Waals surface area (Å²) in [6, 6.07) is 30.7. The van der Waals surface area contributed by atoms with Gasteiger partial charge in [-0.3, -0.25) is 4.79 Å². The average molecular weight is 646 g/mol. The van der Waals surface area contributed by atoms with E-state index in [1.165, 1.54) is 0 Å². The Labute approximate surface area is 279 Å². The SMILES string of the molecule is C[C@H]1CN([C@@H](C)CO)C(=O)c2cccc(NC(=O)Nc3cccc4ccccc34)c2O[C@@H]1CN(C)C(=O)Nc1cccc2ccccc12. The maximum absolute atomic E-state index is 13.9. The van der Waals surface area contributed by atoms with E-state index in [1.807, 2.05) is 91.9 Å². The lowest BCUT2D eigenvalue weighted by atomic mass is 9.99. The van der Waals surface area contributed by atoms with Crippen molar-refractivity contribution in [3.63, 3.8) is 0 Å². The Hall–Kier alpha value is -5.61. The van der Waals surface area contributed by atoms with Gasteiger partial charge < -0.3 is 35.6 Å². The van der Waals surface area contributed by atoms with E-state index < -0.39 is 18.2 Å². The van der Waals surface area contributed by atoms with Gasteiger partial charge in [-0.2, -0.15) is 0 Å². The van der Waals surface area contributed by atoms with E-state index >= 15 is 0 Å². The topological polar surface area (TPSA) is 123 Å². The molecular weight excluding hydrogens is 606 g/mol. The minimum Gasteiger partial charge on any atom is -0.485 e. The molecule has 5 aromatic rings. The van der Waals surface area contributed by atoms with Gasteiger partial charge in [0.05, 0.1) is 41.8 Å². The second-order valence-corrected chi connectivity index (χ2v) is 12.2. The molecule has 0 radical (unpaired) electrons. The zero-order chi connectivity index (χ0) is 33.8. The Morgan fingerprint density at radius 3 is 2.02 bits per heavy atom. The molecule has 0 saturated heterocycles. The number of hydrogen-bond acceptors (Lipinski definition) is 5. The molecular formula is C38H39N5O5. The molecule has 48 heavy (non-hydrogen) atoms. The van der Waals surface area contributed by atoms with E-state index in [2.05, 4.69) is 16.0 Å². The van der Waals surface area contributed by atoms with Gasteiger partial charge in [0, 0.05) is 30.3 Å². The summed E-state index contributed by atoms with van der Waals surface area (Å²) in [6.45, 7) is 3.98. The Kier molecular flexibility index (Phi) is 9.45. The second-order valence-electron chi connectivity index (χ2n) is 12.2. The molecule has 6 rings (SSSR count). The number of carbonyl (C=O) groups is 3. The number of aliphatic hydroxyl groups excluding tert-OH is 1. The summed E-state index contributed by atoms with van der Waals surface area (Å²) in [5, 5.41) is 22.7. The van der Waals surface area contributed by atoms with Crippen molar-refractivity contribution in [1.29, 1.82) is 0 Å². The van der Waals surface area contributed by atoms with Gasteiger partial charge >= 0.3 is 12.1 Å². The second kappa shape index (κ2) is 14.0. The fourth-order valence-electron chi connectivity index (χ4n) is 6.07. The molecule has 0 unspecified atom stereocenters. The van der Waals surface area contributed by atoms with Crippen molar-refractivity contribution in [3.05, 3.63) is 109 Å². The van der Waals surface area contributed by atoms with Gasteiger partial charge in [0.25, 0.3) is 5.91 Å². The minimum atomic E-state index is -0.572. The van der Waals surface area contributed by atoms with Crippen molar-refractivity contribution in [1.82, 2.24) is 9.80 Å². The van der Waals surface area contributed by atoms with Crippen molar-refractivity contribution < 1.29 is 24.2 Å². The fourth-order valence-corrected chi connectivity index (χ4v) is 6.07. The largest absolute Gasteiger partial charge is 0.485 e. The Bertz CT molecular complexity index is 1970. The number of fused-ring (bicyclic) bond motifs is 3. The number of carbonyl (C=O) groups excluding carboxylic acids is 3. The van der Waals surface area contributed by atoms with E-state index in [1.54, 1.807) is 42.0 Å². The highest BCUT2D eigenvalue weighted by molar-refractivity contribution is 6.08. The van der Waals surface area contributed by atoms with Gasteiger partial charge in [0.1, 0.15) is 6.10 Å². The number of amides is 5. The third kappa shape index (κ3) is 6.74. The van der Waals surface area contributed by atoms with Gasteiger partial charge in [0.2, 0.25) is 0 Å². The van der Waals surface area contributed by atoms with E-state index in [0.29, 0.717) is 23.6 Å². The molecule has 4 N–H and O–H groups in total. The van der Waals surface area contributed by atoms with E-state index in [0.717, 1.165) is 21.5 Å². The first kappa shape index (κ1) is 32.3. The molecule has 1 heterocycles. The van der Waals surface area contributed by atoms with E-state index in [9.17, 15) is 19.5 Å². The Morgan fingerprint density at radius 2 is 1.38 bits per heavy atom. The molecule has 5 amide bonds. The van der Waals surface area contributed by atoms with Crippen LogP contribution in [0, 0.1) is 5.92 Å². The number of hydrogen-bond donors (Lipinski definition) is 4. The van der Waals surface area contributed by atoms with Gasteiger partial charge in [-0.1, -0.05) is 85.8 Å². The van der Waals surface area contributed by atoms with Crippen LogP contribution < -0.4 is 20.7 Å².